The van der Waals surface area contributed by atoms with E-state index < -0.39 is 12.4 Å². The minimum absolute atomic E-state index is 0.0783. The summed E-state index contributed by atoms with van der Waals surface area (Å²) in [6.07, 6.45) is 2.00. The molecular weight excluding hydrogens is 241 g/mol. The molecule has 0 N–H and O–H groups in total. The van der Waals surface area contributed by atoms with Gasteiger partial charge >= 0.3 is 6.98 Å². The van der Waals surface area contributed by atoms with Gasteiger partial charge in [-0.1, -0.05) is 17.1 Å². The van der Waals surface area contributed by atoms with Crippen molar-refractivity contribution in [2.24, 2.45) is 0 Å². The quantitative estimate of drug-likeness (QED) is 0.767. The molecule has 0 saturated carbocycles. The highest BCUT2D eigenvalue weighted by molar-refractivity contribution is 6.73. The lowest BCUT2D eigenvalue weighted by Crippen LogP contribution is -2.34. The van der Waals surface area contributed by atoms with Gasteiger partial charge in [-0.15, -0.1) is 0 Å². The zero-order valence-electron chi connectivity index (χ0n) is 8.46. The fraction of sp³-hybridized carbons (Fsp3) is 0.222. The second kappa shape index (κ2) is 5.25. The molecule has 0 aromatic carbocycles. The van der Waals surface area contributed by atoms with Crippen molar-refractivity contribution >= 4 is 24.0 Å². The highest BCUT2D eigenvalue weighted by Gasteiger charge is 2.26. The molecule has 0 aliphatic heterocycles. The maximum absolute atomic E-state index is 12.4. The molecule has 0 aliphatic rings. The van der Waals surface area contributed by atoms with Crippen molar-refractivity contribution in [2.45, 2.75) is 6.92 Å². The fourth-order valence-electron chi connectivity index (χ4n) is 0.922. The van der Waals surface area contributed by atoms with Crippen LogP contribution in [0.1, 0.15) is 6.92 Å². The van der Waals surface area contributed by atoms with E-state index in [0.29, 0.717) is 5.57 Å². The van der Waals surface area contributed by atoms with Crippen molar-refractivity contribution in [1.29, 1.82) is 0 Å². The largest absolute Gasteiger partial charge is 0.511 e. The summed E-state index contributed by atoms with van der Waals surface area (Å²) in [6, 6.07) is 0.925. The van der Waals surface area contributed by atoms with Crippen LogP contribution in [0.5, 0.6) is 5.75 Å². The lowest BCUT2D eigenvalue weighted by Gasteiger charge is -2.15. The average molecular weight is 250 g/mol. The molecule has 0 unspecified atom stereocenters. The first kappa shape index (κ1) is 12.9. The first-order valence-electron chi connectivity index (χ1n) is 4.47. The summed E-state index contributed by atoms with van der Waals surface area (Å²) in [5.41, 5.74) is 1.25. The second-order valence-corrected chi connectivity index (χ2v) is 3.49. The topological polar surface area (TPSA) is 22.1 Å². The normalized spacial score (nSPS) is 12.7. The van der Waals surface area contributed by atoms with E-state index in [1.807, 2.05) is 0 Å². The predicted octanol–water partition coefficient (Wildman–Crippen LogP) is 2.66. The van der Waals surface area contributed by atoms with Crippen molar-refractivity contribution in [3.05, 3.63) is 29.6 Å². The van der Waals surface area contributed by atoms with Gasteiger partial charge in [-0.3, -0.25) is 4.98 Å². The Balaban J connectivity index is 2.76. The molecule has 7 heteroatoms. The monoisotopic (exact) mass is 250 g/mol. The summed E-state index contributed by atoms with van der Waals surface area (Å²) >= 11 is 5.39. The van der Waals surface area contributed by atoms with Gasteiger partial charge in [0.15, 0.2) is 0 Å². The van der Waals surface area contributed by atoms with Crippen LogP contribution in [0, 0.1) is 0 Å². The van der Waals surface area contributed by atoms with E-state index in [0.717, 1.165) is 12.3 Å². The molecule has 1 aromatic heterocycles. The maximum atomic E-state index is 12.4. The molecule has 16 heavy (non-hydrogen) atoms. The molecule has 0 bridgehead atoms. The van der Waals surface area contributed by atoms with E-state index in [1.165, 1.54) is 11.7 Å². The average Bonchev–Trinajstić information content (AvgIpc) is 2.25. The van der Waals surface area contributed by atoms with Crippen molar-refractivity contribution in [3.63, 3.8) is 0 Å². The van der Waals surface area contributed by atoms with E-state index in [-0.39, 0.29) is 12.4 Å². The zero-order chi connectivity index (χ0) is 12.2. The minimum Gasteiger partial charge on any atom is -0.488 e. The summed E-state index contributed by atoms with van der Waals surface area (Å²) in [4.78, 5) is 3.47. The molecule has 0 radical (unpaired) electrons. The predicted molar refractivity (Wildman–Crippen MR) is 58.1 cm³/mol. The lowest BCUT2D eigenvalue weighted by atomic mass is 9.81. The third-order valence-electron chi connectivity index (χ3n) is 1.77. The molecule has 0 amide bonds. The van der Waals surface area contributed by atoms with Gasteiger partial charge in [-0.05, 0) is 18.6 Å². The van der Waals surface area contributed by atoms with E-state index in [1.54, 1.807) is 6.92 Å². The lowest BCUT2D eigenvalue weighted by molar-refractivity contribution is 0.351. The van der Waals surface area contributed by atoms with Crippen LogP contribution in [-0.4, -0.2) is 18.6 Å². The number of rotatable bonds is 4. The number of pyridine rings is 1. The maximum Gasteiger partial charge on any atom is 0.511 e. The van der Waals surface area contributed by atoms with Crippen LogP contribution in [0.15, 0.2) is 29.6 Å². The Morgan fingerprint density at radius 3 is 2.75 bits per heavy atom. The smallest absolute Gasteiger partial charge is 0.488 e. The first-order valence-corrected chi connectivity index (χ1v) is 4.90. The summed E-state index contributed by atoms with van der Waals surface area (Å²) in [7, 11) is 0. The zero-order valence-corrected chi connectivity index (χ0v) is 9.22. The van der Waals surface area contributed by atoms with Crippen molar-refractivity contribution in [2.75, 3.05) is 6.61 Å². The Morgan fingerprint density at radius 2 is 2.19 bits per heavy atom. The van der Waals surface area contributed by atoms with Gasteiger partial charge in [0.05, 0.1) is 6.20 Å². The molecule has 2 nitrogen and oxygen atoms in total. The van der Waals surface area contributed by atoms with Crippen molar-refractivity contribution < 1.29 is 17.7 Å². The molecule has 0 aliphatic carbocycles. The number of hydrogen-bond donors (Lipinski definition) is 0. The summed E-state index contributed by atoms with van der Waals surface area (Å²) in [5.74, 6) is 0.0783. The summed E-state index contributed by atoms with van der Waals surface area (Å²) in [5, 5.41) is 0. The number of ether oxygens (including phenoxy) is 1. The van der Waals surface area contributed by atoms with Crippen molar-refractivity contribution in [3.8, 4) is 5.75 Å². The van der Waals surface area contributed by atoms with Gasteiger partial charge in [-0.2, -0.15) is 0 Å². The van der Waals surface area contributed by atoms with Crippen LogP contribution in [0.2, 0.25) is 0 Å². The van der Waals surface area contributed by atoms with Crippen molar-refractivity contribution in [1.82, 2.24) is 4.98 Å². The van der Waals surface area contributed by atoms with Crippen LogP contribution >= 0.6 is 11.6 Å². The molecular formula is C9H9BClF3NO-. The van der Waals surface area contributed by atoms with E-state index in [4.69, 9.17) is 16.3 Å². The van der Waals surface area contributed by atoms with Crippen LogP contribution in [-0.2, 0) is 0 Å². The molecule has 88 valence electrons. The number of halogens is 4. The van der Waals surface area contributed by atoms with Gasteiger partial charge < -0.3 is 17.7 Å². The molecule has 1 rings (SSSR count). The van der Waals surface area contributed by atoms with Crippen LogP contribution in [0.3, 0.4) is 0 Å². The molecule has 0 fully saturated rings. The third kappa shape index (κ3) is 3.77. The number of aromatic nitrogens is 1. The summed E-state index contributed by atoms with van der Waals surface area (Å²) < 4.78 is 42.2. The Hall–Kier alpha value is -1.17. The van der Waals surface area contributed by atoms with Crippen LogP contribution in [0.25, 0.3) is 0 Å². The fourth-order valence-corrected chi connectivity index (χ4v) is 0.985. The Kier molecular flexibility index (Phi) is 4.23. The van der Waals surface area contributed by atoms with E-state index in [2.05, 4.69) is 4.98 Å². The minimum atomic E-state index is -5.04. The Bertz CT molecular complexity index is 395. The number of hydrogen-bond acceptors (Lipinski definition) is 2. The van der Waals surface area contributed by atoms with Gasteiger partial charge in [0, 0.05) is 11.7 Å². The standard InChI is InChI=1S/C9H9BClF3NO/c1-7(3-11)6-16-9-2-8(4-15-5-9)10(12,13)14/h2-5H,6H2,1H3/q-1/b7-3-. The van der Waals surface area contributed by atoms with Gasteiger partial charge in [0.1, 0.15) is 12.4 Å². The molecule has 0 saturated heterocycles. The van der Waals surface area contributed by atoms with Gasteiger partial charge in [-0.25, -0.2) is 0 Å². The summed E-state index contributed by atoms with van der Waals surface area (Å²) in [6.45, 7) is -3.20. The molecule has 1 heterocycles. The van der Waals surface area contributed by atoms with Gasteiger partial charge in [0.25, 0.3) is 0 Å². The van der Waals surface area contributed by atoms with Gasteiger partial charge in [0.2, 0.25) is 0 Å². The Labute approximate surface area is 96.1 Å². The first-order chi connectivity index (χ1) is 7.43. The highest BCUT2D eigenvalue weighted by atomic mass is 35.5. The van der Waals surface area contributed by atoms with Crippen LogP contribution in [0.4, 0.5) is 12.9 Å². The third-order valence-corrected chi connectivity index (χ3v) is 2.14. The Morgan fingerprint density at radius 1 is 1.50 bits per heavy atom. The van der Waals surface area contributed by atoms with E-state index >= 15 is 0 Å². The second-order valence-electron chi connectivity index (χ2n) is 3.27. The molecule has 0 spiro atoms. The SMILES string of the molecule is C/C(=C/Cl)COc1cncc([B-](F)(F)F)c1. The van der Waals surface area contributed by atoms with E-state index in [9.17, 15) is 12.9 Å². The molecule has 1 aromatic rings. The highest BCUT2D eigenvalue weighted by Crippen LogP contribution is 2.13. The molecule has 0 atom stereocenters. The van der Waals surface area contributed by atoms with Crippen LogP contribution < -0.4 is 10.2 Å². The number of nitrogens with zero attached hydrogens (tertiary/aromatic N) is 1.